The normalized spacial score (nSPS) is 15.8. The first-order valence-corrected chi connectivity index (χ1v) is 11.0. The number of rotatable bonds is 6. The smallest absolute Gasteiger partial charge is 0.179 e. The van der Waals surface area contributed by atoms with Crippen LogP contribution in [-0.4, -0.2) is 58.9 Å². The molecule has 0 saturated carbocycles. The Bertz CT molecular complexity index is 832. The monoisotopic (exact) mass is 438 g/mol. The number of piperazine rings is 1. The minimum Gasteiger partial charge on any atom is -0.497 e. The van der Waals surface area contributed by atoms with E-state index in [1.165, 1.54) is 0 Å². The van der Waals surface area contributed by atoms with Crippen LogP contribution in [0.25, 0.3) is 0 Å². The largest absolute Gasteiger partial charge is 0.497 e. The zero-order chi connectivity index (χ0) is 18.6. The van der Waals surface area contributed by atoms with Crippen molar-refractivity contribution in [2.75, 3.05) is 50.5 Å². The number of sulfone groups is 1. The molecule has 0 spiro atoms. The van der Waals surface area contributed by atoms with Gasteiger partial charge in [0, 0.05) is 49.0 Å². The third-order valence-corrected chi connectivity index (χ3v) is 6.88. The van der Waals surface area contributed by atoms with Gasteiger partial charge in [-0.15, -0.1) is 0 Å². The summed E-state index contributed by atoms with van der Waals surface area (Å²) in [7, 11) is -1.57. The molecule has 3 rings (SSSR count). The number of hydrogen-bond donors (Lipinski definition) is 0. The van der Waals surface area contributed by atoms with Gasteiger partial charge in [-0.2, -0.15) is 0 Å². The van der Waals surface area contributed by atoms with Crippen LogP contribution in [0.5, 0.6) is 5.75 Å². The first-order valence-electron chi connectivity index (χ1n) is 8.57. The van der Waals surface area contributed by atoms with Crippen LogP contribution >= 0.6 is 15.9 Å². The standard InChI is InChI=1S/C19H23BrN2O3S/c1-25-18-4-2-3-17(15-18)22-11-9-21(10-12-22)13-14-26(23,24)19-7-5-16(20)6-8-19/h2-8,15H,9-14H2,1H3. The summed E-state index contributed by atoms with van der Waals surface area (Å²) in [5.74, 6) is 0.999. The molecule has 0 amide bonds. The Morgan fingerprint density at radius 1 is 1.04 bits per heavy atom. The molecule has 0 bridgehead atoms. The summed E-state index contributed by atoms with van der Waals surface area (Å²) in [6, 6.07) is 14.9. The van der Waals surface area contributed by atoms with E-state index in [1.54, 1.807) is 31.4 Å². The Balaban J connectivity index is 1.53. The molecule has 1 heterocycles. The Morgan fingerprint density at radius 2 is 1.73 bits per heavy atom. The number of methoxy groups -OCH3 is 1. The van der Waals surface area contributed by atoms with Gasteiger partial charge in [0.25, 0.3) is 0 Å². The number of nitrogens with zero attached hydrogens (tertiary/aromatic N) is 2. The quantitative estimate of drug-likeness (QED) is 0.693. The minimum absolute atomic E-state index is 0.147. The molecule has 26 heavy (non-hydrogen) atoms. The van der Waals surface area contributed by atoms with Crippen molar-refractivity contribution < 1.29 is 13.2 Å². The Labute approximate surface area is 163 Å². The van der Waals surface area contributed by atoms with Gasteiger partial charge in [-0.1, -0.05) is 22.0 Å². The fourth-order valence-electron chi connectivity index (χ4n) is 3.05. The Kier molecular flexibility index (Phi) is 6.21. The van der Waals surface area contributed by atoms with Crippen LogP contribution < -0.4 is 9.64 Å². The summed E-state index contributed by atoms with van der Waals surface area (Å²) < 4.78 is 31.1. The maximum atomic E-state index is 12.5. The van der Waals surface area contributed by atoms with E-state index in [0.29, 0.717) is 11.4 Å². The SMILES string of the molecule is COc1cccc(N2CCN(CCS(=O)(=O)c3ccc(Br)cc3)CC2)c1. The van der Waals surface area contributed by atoms with E-state index < -0.39 is 9.84 Å². The zero-order valence-electron chi connectivity index (χ0n) is 14.8. The van der Waals surface area contributed by atoms with Crippen LogP contribution in [0.3, 0.4) is 0 Å². The lowest BCUT2D eigenvalue weighted by Crippen LogP contribution is -2.47. The van der Waals surface area contributed by atoms with Crippen molar-refractivity contribution in [3.05, 3.63) is 53.0 Å². The van der Waals surface area contributed by atoms with Crippen LogP contribution in [0.1, 0.15) is 0 Å². The highest BCUT2D eigenvalue weighted by Gasteiger charge is 2.21. The summed E-state index contributed by atoms with van der Waals surface area (Å²) in [5.41, 5.74) is 1.14. The molecule has 0 aromatic heterocycles. The fraction of sp³-hybridized carbons (Fsp3) is 0.368. The molecule has 1 aliphatic heterocycles. The van der Waals surface area contributed by atoms with E-state index in [0.717, 1.165) is 42.1 Å². The third kappa shape index (κ3) is 4.78. The van der Waals surface area contributed by atoms with Crippen molar-refractivity contribution in [2.24, 2.45) is 0 Å². The molecular weight excluding hydrogens is 416 g/mol. The van der Waals surface area contributed by atoms with Gasteiger partial charge >= 0.3 is 0 Å². The molecular formula is C19H23BrN2O3S. The van der Waals surface area contributed by atoms with E-state index in [2.05, 4.69) is 31.8 Å². The summed E-state index contributed by atoms with van der Waals surface area (Å²) >= 11 is 3.33. The summed E-state index contributed by atoms with van der Waals surface area (Å²) in [5, 5.41) is 0. The second-order valence-electron chi connectivity index (χ2n) is 6.30. The lowest BCUT2D eigenvalue weighted by molar-refractivity contribution is 0.272. The van der Waals surface area contributed by atoms with Crippen molar-refractivity contribution >= 4 is 31.5 Å². The average molecular weight is 439 g/mol. The third-order valence-electron chi connectivity index (χ3n) is 4.64. The topological polar surface area (TPSA) is 49.9 Å². The van der Waals surface area contributed by atoms with E-state index in [4.69, 9.17) is 4.74 Å². The van der Waals surface area contributed by atoms with Crippen LogP contribution in [0.15, 0.2) is 57.9 Å². The van der Waals surface area contributed by atoms with E-state index in [9.17, 15) is 8.42 Å². The molecule has 0 aliphatic carbocycles. The van der Waals surface area contributed by atoms with Crippen molar-refractivity contribution in [1.82, 2.24) is 4.90 Å². The maximum Gasteiger partial charge on any atom is 0.179 e. The van der Waals surface area contributed by atoms with Gasteiger partial charge in [-0.05, 0) is 36.4 Å². The summed E-state index contributed by atoms with van der Waals surface area (Å²) in [6.07, 6.45) is 0. The molecule has 0 atom stereocenters. The highest BCUT2D eigenvalue weighted by atomic mass is 79.9. The summed E-state index contributed by atoms with van der Waals surface area (Å²) in [6.45, 7) is 4.03. The fourth-order valence-corrected chi connectivity index (χ4v) is 4.60. The van der Waals surface area contributed by atoms with E-state index in [1.807, 2.05) is 18.2 Å². The first-order chi connectivity index (χ1) is 12.5. The maximum absolute atomic E-state index is 12.5. The van der Waals surface area contributed by atoms with Crippen molar-refractivity contribution in [2.45, 2.75) is 4.90 Å². The van der Waals surface area contributed by atoms with Crippen molar-refractivity contribution in [3.8, 4) is 5.75 Å². The van der Waals surface area contributed by atoms with Gasteiger partial charge in [-0.3, -0.25) is 4.90 Å². The lowest BCUT2D eigenvalue weighted by Gasteiger charge is -2.36. The molecule has 1 fully saturated rings. The number of hydrogen-bond acceptors (Lipinski definition) is 5. The molecule has 0 N–H and O–H groups in total. The van der Waals surface area contributed by atoms with Gasteiger partial charge < -0.3 is 9.64 Å². The number of ether oxygens (including phenoxy) is 1. The van der Waals surface area contributed by atoms with Crippen molar-refractivity contribution in [3.63, 3.8) is 0 Å². The molecule has 140 valence electrons. The Morgan fingerprint density at radius 3 is 2.38 bits per heavy atom. The van der Waals surface area contributed by atoms with Gasteiger partial charge in [0.2, 0.25) is 0 Å². The highest BCUT2D eigenvalue weighted by Crippen LogP contribution is 2.22. The minimum atomic E-state index is -3.24. The Hall–Kier alpha value is -1.57. The van der Waals surface area contributed by atoms with Gasteiger partial charge in [0.05, 0.1) is 17.8 Å². The molecule has 0 unspecified atom stereocenters. The molecule has 0 radical (unpaired) electrons. The highest BCUT2D eigenvalue weighted by molar-refractivity contribution is 9.10. The number of anilines is 1. The molecule has 5 nitrogen and oxygen atoms in total. The molecule has 1 saturated heterocycles. The lowest BCUT2D eigenvalue weighted by atomic mass is 10.2. The van der Waals surface area contributed by atoms with E-state index >= 15 is 0 Å². The van der Waals surface area contributed by atoms with Gasteiger partial charge in [0.15, 0.2) is 9.84 Å². The predicted molar refractivity (Wildman–Crippen MR) is 108 cm³/mol. The number of halogens is 1. The number of benzene rings is 2. The van der Waals surface area contributed by atoms with E-state index in [-0.39, 0.29) is 5.75 Å². The van der Waals surface area contributed by atoms with Crippen LogP contribution in [0.2, 0.25) is 0 Å². The first kappa shape index (κ1) is 19.2. The van der Waals surface area contributed by atoms with Gasteiger partial charge in [-0.25, -0.2) is 8.42 Å². The molecule has 7 heteroatoms. The van der Waals surface area contributed by atoms with Crippen LogP contribution in [0, 0.1) is 0 Å². The predicted octanol–water partition coefficient (Wildman–Crippen LogP) is 3.05. The van der Waals surface area contributed by atoms with Gasteiger partial charge in [0.1, 0.15) is 5.75 Å². The zero-order valence-corrected chi connectivity index (χ0v) is 17.2. The van der Waals surface area contributed by atoms with Crippen molar-refractivity contribution in [1.29, 1.82) is 0 Å². The van der Waals surface area contributed by atoms with Crippen LogP contribution in [0.4, 0.5) is 5.69 Å². The second-order valence-corrected chi connectivity index (χ2v) is 9.33. The molecule has 1 aliphatic rings. The second kappa shape index (κ2) is 8.41. The van der Waals surface area contributed by atoms with Crippen LogP contribution in [-0.2, 0) is 9.84 Å². The molecule has 2 aromatic carbocycles. The molecule has 2 aromatic rings. The summed E-state index contributed by atoms with van der Waals surface area (Å²) in [4.78, 5) is 4.91. The average Bonchev–Trinajstić information content (AvgIpc) is 2.67.